The molecule has 18 heavy (non-hydrogen) atoms. The number of hydrogen-bond donors (Lipinski definition) is 3. The SMILES string of the molecule is CC(CS(C)=O)Nc1cc(NN)cc([N+](=O)[O-])c1. The van der Waals surface area contributed by atoms with Crippen LogP contribution in [0.2, 0.25) is 0 Å². The highest BCUT2D eigenvalue weighted by Crippen LogP contribution is 2.24. The van der Waals surface area contributed by atoms with Gasteiger partial charge < -0.3 is 10.7 Å². The number of nitrogen functional groups attached to an aromatic ring is 1. The van der Waals surface area contributed by atoms with Crippen molar-refractivity contribution in [2.24, 2.45) is 5.84 Å². The van der Waals surface area contributed by atoms with Gasteiger partial charge in [0.15, 0.2) is 0 Å². The second-order valence-corrected chi connectivity index (χ2v) is 5.43. The van der Waals surface area contributed by atoms with Gasteiger partial charge in [0, 0.05) is 46.7 Å². The summed E-state index contributed by atoms with van der Waals surface area (Å²) in [5, 5.41) is 13.8. The summed E-state index contributed by atoms with van der Waals surface area (Å²) in [5.41, 5.74) is 3.32. The highest BCUT2D eigenvalue weighted by atomic mass is 32.2. The smallest absolute Gasteiger partial charge is 0.273 e. The number of non-ortho nitro benzene ring substituents is 1. The maximum atomic E-state index is 11.1. The molecule has 100 valence electrons. The Morgan fingerprint density at radius 3 is 2.56 bits per heavy atom. The minimum absolute atomic E-state index is 0.0524. The van der Waals surface area contributed by atoms with Crippen LogP contribution in [0.5, 0.6) is 0 Å². The average molecular weight is 272 g/mol. The van der Waals surface area contributed by atoms with Crippen molar-refractivity contribution in [1.29, 1.82) is 0 Å². The molecule has 1 aromatic rings. The third kappa shape index (κ3) is 4.30. The Morgan fingerprint density at radius 2 is 2.06 bits per heavy atom. The maximum Gasteiger partial charge on any atom is 0.273 e. The first-order valence-corrected chi connectivity index (χ1v) is 6.97. The van der Waals surface area contributed by atoms with Gasteiger partial charge >= 0.3 is 0 Å². The van der Waals surface area contributed by atoms with Crippen LogP contribution in [0, 0.1) is 10.1 Å². The molecular formula is C10H16N4O3S. The average Bonchev–Trinajstić information content (AvgIpc) is 2.27. The summed E-state index contributed by atoms with van der Waals surface area (Å²) in [5.74, 6) is 5.72. The van der Waals surface area contributed by atoms with E-state index in [2.05, 4.69) is 10.7 Å². The molecule has 1 aromatic carbocycles. The first-order valence-electron chi connectivity index (χ1n) is 5.25. The van der Waals surface area contributed by atoms with Crippen LogP contribution < -0.4 is 16.6 Å². The molecule has 0 heterocycles. The summed E-state index contributed by atoms with van der Waals surface area (Å²) in [4.78, 5) is 10.3. The van der Waals surface area contributed by atoms with E-state index in [4.69, 9.17) is 5.84 Å². The zero-order valence-electron chi connectivity index (χ0n) is 10.2. The minimum atomic E-state index is -0.927. The summed E-state index contributed by atoms with van der Waals surface area (Å²) in [6, 6.07) is 4.36. The van der Waals surface area contributed by atoms with Crippen molar-refractivity contribution in [1.82, 2.24) is 0 Å². The number of hydrogen-bond acceptors (Lipinski definition) is 6. The van der Waals surface area contributed by atoms with E-state index >= 15 is 0 Å². The van der Waals surface area contributed by atoms with Crippen LogP contribution in [0.15, 0.2) is 18.2 Å². The molecule has 0 fully saturated rings. The first-order chi connectivity index (χ1) is 8.42. The van der Waals surface area contributed by atoms with Gasteiger partial charge in [-0.15, -0.1) is 0 Å². The molecular weight excluding hydrogens is 256 g/mol. The highest BCUT2D eigenvalue weighted by Gasteiger charge is 2.11. The van der Waals surface area contributed by atoms with Crippen molar-refractivity contribution < 1.29 is 9.13 Å². The standard InChI is InChI=1S/C10H16N4O3S/c1-7(6-18(2)17)12-8-3-9(13-11)5-10(4-8)14(15)16/h3-5,7,12-13H,6,11H2,1-2H3. The van der Waals surface area contributed by atoms with E-state index in [1.807, 2.05) is 6.92 Å². The monoisotopic (exact) mass is 272 g/mol. The number of hydrazine groups is 1. The summed E-state index contributed by atoms with van der Waals surface area (Å²) in [6.45, 7) is 1.86. The summed E-state index contributed by atoms with van der Waals surface area (Å²) < 4.78 is 11.1. The molecule has 2 unspecified atom stereocenters. The van der Waals surface area contributed by atoms with Gasteiger partial charge in [-0.25, -0.2) is 0 Å². The van der Waals surface area contributed by atoms with Crippen LogP contribution in [0.3, 0.4) is 0 Å². The third-order valence-corrected chi connectivity index (χ3v) is 3.16. The van der Waals surface area contributed by atoms with Crippen LogP contribution in [-0.4, -0.2) is 27.2 Å². The molecule has 0 radical (unpaired) electrons. The quantitative estimate of drug-likeness (QED) is 0.406. The van der Waals surface area contributed by atoms with Gasteiger partial charge in [0.1, 0.15) is 0 Å². The topological polar surface area (TPSA) is 110 Å². The van der Waals surface area contributed by atoms with Crippen molar-refractivity contribution in [2.75, 3.05) is 22.8 Å². The number of benzene rings is 1. The van der Waals surface area contributed by atoms with Gasteiger partial charge in [0.05, 0.1) is 10.6 Å². The van der Waals surface area contributed by atoms with Gasteiger partial charge in [0.25, 0.3) is 5.69 Å². The maximum absolute atomic E-state index is 11.1. The highest BCUT2D eigenvalue weighted by molar-refractivity contribution is 7.84. The number of nitrogens with zero attached hydrogens (tertiary/aromatic N) is 1. The van der Waals surface area contributed by atoms with E-state index in [-0.39, 0.29) is 11.7 Å². The van der Waals surface area contributed by atoms with Crippen LogP contribution in [0.4, 0.5) is 17.1 Å². The number of rotatable bonds is 6. The lowest BCUT2D eigenvalue weighted by atomic mass is 10.2. The number of nitrogens with two attached hydrogens (primary N) is 1. The third-order valence-electron chi connectivity index (χ3n) is 2.19. The normalized spacial score (nSPS) is 13.7. The van der Waals surface area contributed by atoms with Crippen molar-refractivity contribution in [3.63, 3.8) is 0 Å². The molecule has 1 rings (SSSR count). The Morgan fingerprint density at radius 1 is 1.44 bits per heavy atom. The molecule has 7 nitrogen and oxygen atoms in total. The van der Waals surface area contributed by atoms with Crippen molar-refractivity contribution in [3.8, 4) is 0 Å². The molecule has 2 atom stereocenters. The predicted molar refractivity (Wildman–Crippen MR) is 72.9 cm³/mol. The van der Waals surface area contributed by atoms with E-state index in [0.717, 1.165) is 0 Å². The molecule has 0 aliphatic rings. The Kier molecular flexibility index (Phi) is 5.05. The fourth-order valence-electron chi connectivity index (χ4n) is 1.56. The lowest BCUT2D eigenvalue weighted by Gasteiger charge is -2.14. The summed E-state index contributed by atoms with van der Waals surface area (Å²) in [7, 11) is -0.927. The van der Waals surface area contributed by atoms with Crippen LogP contribution in [-0.2, 0) is 10.8 Å². The largest absolute Gasteiger partial charge is 0.381 e. The number of nitro groups is 1. The van der Waals surface area contributed by atoms with E-state index in [0.29, 0.717) is 17.1 Å². The van der Waals surface area contributed by atoms with Gasteiger partial charge in [-0.3, -0.25) is 20.2 Å². The van der Waals surface area contributed by atoms with Crippen molar-refractivity contribution >= 4 is 27.9 Å². The molecule has 0 spiro atoms. The Bertz CT molecular complexity index is 466. The summed E-state index contributed by atoms with van der Waals surface area (Å²) in [6.07, 6.45) is 1.61. The lowest BCUT2D eigenvalue weighted by molar-refractivity contribution is -0.384. The molecule has 4 N–H and O–H groups in total. The van der Waals surface area contributed by atoms with Gasteiger partial charge in [-0.1, -0.05) is 0 Å². The zero-order chi connectivity index (χ0) is 13.7. The van der Waals surface area contributed by atoms with E-state index in [1.165, 1.54) is 12.1 Å². The van der Waals surface area contributed by atoms with Crippen molar-refractivity contribution in [3.05, 3.63) is 28.3 Å². The Labute approximate surface area is 107 Å². The number of nitro benzene ring substituents is 1. The van der Waals surface area contributed by atoms with E-state index in [9.17, 15) is 14.3 Å². The molecule has 0 aliphatic heterocycles. The lowest BCUT2D eigenvalue weighted by Crippen LogP contribution is -2.22. The number of nitrogens with one attached hydrogen (secondary N) is 2. The van der Waals surface area contributed by atoms with E-state index in [1.54, 1.807) is 12.3 Å². The van der Waals surface area contributed by atoms with Crippen LogP contribution >= 0.6 is 0 Å². The fraction of sp³-hybridized carbons (Fsp3) is 0.400. The van der Waals surface area contributed by atoms with Crippen LogP contribution in [0.1, 0.15) is 6.92 Å². The molecule has 0 bridgehead atoms. The minimum Gasteiger partial charge on any atom is -0.381 e. The molecule has 0 amide bonds. The molecule has 0 aromatic heterocycles. The number of anilines is 2. The van der Waals surface area contributed by atoms with Gasteiger partial charge in [-0.05, 0) is 13.0 Å². The second-order valence-electron chi connectivity index (χ2n) is 3.96. The zero-order valence-corrected chi connectivity index (χ0v) is 11.0. The second kappa shape index (κ2) is 6.31. The molecule has 0 saturated carbocycles. The Hall–Kier alpha value is -1.67. The molecule has 0 saturated heterocycles. The fourth-order valence-corrected chi connectivity index (χ4v) is 2.35. The van der Waals surface area contributed by atoms with Crippen LogP contribution in [0.25, 0.3) is 0 Å². The van der Waals surface area contributed by atoms with Crippen molar-refractivity contribution in [2.45, 2.75) is 13.0 Å². The summed E-state index contributed by atoms with van der Waals surface area (Å²) >= 11 is 0. The van der Waals surface area contributed by atoms with Gasteiger partial charge in [-0.2, -0.15) is 0 Å². The predicted octanol–water partition coefficient (Wildman–Crippen LogP) is 1.06. The first kappa shape index (κ1) is 14.4. The molecule has 0 aliphatic carbocycles. The van der Waals surface area contributed by atoms with Gasteiger partial charge in [0.2, 0.25) is 0 Å². The molecule has 8 heteroatoms. The Balaban J connectivity index is 2.90. The van der Waals surface area contributed by atoms with E-state index < -0.39 is 15.7 Å².